The van der Waals surface area contributed by atoms with Gasteiger partial charge in [-0.1, -0.05) is 29.8 Å². The van der Waals surface area contributed by atoms with Gasteiger partial charge in [-0.25, -0.2) is 9.18 Å². The zero-order valence-corrected chi connectivity index (χ0v) is 14.1. The average Bonchev–Trinajstić information content (AvgIpc) is 2.54. The van der Waals surface area contributed by atoms with Gasteiger partial charge in [-0.05, 0) is 36.2 Å². The Morgan fingerprint density at radius 3 is 2.75 bits per heavy atom. The van der Waals surface area contributed by atoms with Crippen molar-refractivity contribution in [2.45, 2.75) is 19.9 Å². The van der Waals surface area contributed by atoms with Gasteiger partial charge < -0.3 is 9.73 Å². The molecule has 0 saturated heterocycles. The molecule has 3 nitrogen and oxygen atoms in total. The molecule has 3 rings (SSSR count). The number of quaternary nitrogens is 1. The molecule has 0 saturated carbocycles. The highest BCUT2D eigenvalue weighted by Gasteiger charge is 2.10. The van der Waals surface area contributed by atoms with Crippen molar-refractivity contribution in [1.82, 2.24) is 0 Å². The molecule has 0 aliphatic rings. The molecule has 1 heterocycles. The van der Waals surface area contributed by atoms with Crippen molar-refractivity contribution < 1.29 is 14.1 Å². The highest BCUT2D eigenvalue weighted by molar-refractivity contribution is 6.32. The molecule has 0 spiro atoms. The van der Waals surface area contributed by atoms with Crippen LogP contribution in [0.25, 0.3) is 11.0 Å². The first-order valence-corrected chi connectivity index (χ1v) is 8.20. The minimum atomic E-state index is -0.373. The van der Waals surface area contributed by atoms with Crippen molar-refractivity contribution in [3.63, 3.8) is 0 Å². The van der Waals surface area contributed by atoms with Crippen LogP contribution in [-0.4, -0.2) is 6.54 Å². The molecule has 0 aliphatic carbocycles. The van der Waals surface area contributed by atoms with Crippen LogP contribution in [-0.2, 0) is 13.0 Å². The monoisotopic (exact) mass is 346 g/mol. The molecule has 0 unspecified atom stereocenters. The van der Waals surface area contributed by atoms with Gasteiger partial charge >= 0.3 is 5.63 Å². The van der Waals surface area contributed by atoms with Gasteiger partial charge in [0.05, 0.1) is 6.54 Å². The standard InChI is InChI=1S/C19H17ClFNO2/c1-12-8-18-15(10-16(12)20)14(9-19(23)24-18)11-22-7-6-13-4-2-3-5-17(13)21/h2-5,8-10,22H,6-7,11H2,1H3/p+1. The van der Waals surface area contributed by atoms with E-state index in [0.29, 0.717) is 29.1 Å². The van der Waals surface area contributed by atoms with Crippen molar-refractivity contribution in [3.8, 4) is 0 Å². The molecular weight excluding hydrogens is 329 g/mol. The van der Waals surface area contributed by atoms with Gasteiger partial charge in [-0.3, -0.25) is 0 Å². The molecule has 2 N–H and O–H groups in total. The van der Waals surface area contributed by atoms with Crippen molar-refractivity contribution in [2.24, 2.45) is 0 Å². The third-order valence-electron chi connectivity index (χ3n) is 4.05. The third kappa shape index (κ3) is 3.66. The molecule has 2 aromatic carbocycles. The van der Waals surface area contributed by atoms with Crippen LogP contribution in [0, 0.1) is 12.7 Å². The number of hydrogen-bond donors (Lipinski definition) is 1. The zero-order valence-electron chi connectivity index (χ0n) is 13.3. The lowest BCUT2D eigenvalue weighted by molar-refractivity contribution is -0.670. The van der Waals surface area contributed by atoms with Crippen LogP contribution in [0.4, 0.5) is 4.39 Å². The van der Waals surface area contributed by atoms with Crippen LogP contribution < -0.4 is 10.9 Å². The Hall–Kier alpha value is -2.17. The second-order valence-electron chi connectivity index (χ2n) is 5.81. The molecule has 5 heteroatoms. The Kier molecular flexibility index (Phi) is 4.97. The van der Waals surface area contributed by atoms with E-state index in [1.807, 2.05) is 19.1 Å². The molecule has 3 aromatic rings. The number of benzene rings is 2. The smallest absolute Gasteiger partial charge is 0.336 e. The van der Waals surface area contributed by atoms with E-state index in [0.717, 1.165) is 23.1 Å². The van der Waals surface area contributed by atoms with Gasteiger partial charge in [0, 0.05) is 28.5 Å². The number of fused-ring (bicyclic) bond motifs is 1. The van der Waals surface area contributed by atoms with E-state index in [-0.39, 0.29) is 11.4 Å². The van der Waals surface area contributed by atoms with Gasteiger partial charge in [-0.15, -0.1) is 0 Å². The first kappa shape index (κ1) is 16.7. The van der Waals surface area contributed by atoms with Crippen LogP contribution >= 0.6 is 11.6 Å². The highest BCUT2D eigenvalue weighted by atomic mass is 35.5. The predicted molar refractivity (Wildman–Crippen MR) is 92.8 cm³/mol. The number of rotatable bonds is 5. The number of hydrogen-bond acceptors (Lipinski definition) is 2. The van der Waals surface area contributed by atoms with Gasteiger partial charge in [0.1, 0.15) is 17.9 Å². The summed E-state index contributed by atoms with van der Waals surface area (Å²) in [5.41, 5.74) is 2.61. The first-order chi connectivity index (χ1) is 11.5. The van der Waals surface area contributed by atoms with E-state index in [9.17, 15) is 9.18 Å². The summed E-state index contributed by atoms with van der Waals surface area (Å²) < 4.78 is 18.9. The molecule has 24 heavy (non-hydrogen) atoms. The van der Waals surface area contributed by atoms with Crippen molar-refractivity contribution >= 4 is 22.6 Å². The zero-order chi connectivity index (χ0) is 17.1. The fourth-order valence-corrected chi connectivity index (χ4v) is 2.90. The van der Waals surface area contributed by atoms with E-state index in [2.05, 4.69) is 5.32 Å². The summed E-state index contributed by atoms with van der Waals surface area (Å²) in [6.07, 6.45) is 0.631. The minimum Gasteiger partial charge on any atom is -0.423 e. The summed E-state index contributed by atoms with van der Waals surface area (Å²) in [5.74, 6) is -0.182. The highest BCUT2D eigenvalue weighted by Crippen LogP contribution is 2.24. The maximum atomic E-state index is 13.6. The summed E-state index contributed by atoms with van der Waals surface area (Å²) in [4.78, 5) is 11.7. The third-order valence-corrected chi connectivity index (χ3v) is 4.46. The summed E-state index contributed by atoms with van der Waals surface area (Å²) >= 11 is 6.19. The van der Waals surface area contributed by atoms with Crippen LogP contribution in [0.2, 0.25) is 5.02 Å². The van der Waals surface area contributed by atoms with Gasteiger partial charge in [-0.2, -0.15) is 0 Å². The maximum absolute atomic E-state index is 13.6. The number of aryl methyl sites for hydroxylation is 1. The molecule has 0 amide bonds. The predicted octanol–water partition coefficient (Wildman–Crippen LogP) is 3.20. The van der Waals surface area contributed by atoms with Gasteiger partial charge in [0.15, 0.2) is 0 Å². The lowest BCUT2D eigenvalue weighted by Crippen LogP contribution is -2.83. The Morgan fingerprint density at radius 2 is 1.96 bits per heavy atom. The lowest BCUT2D eigenvalue weighted by Gasteiger charge is -2.07. The van der Waals surface area contributed by atoms with Crippen molar-refractivity contribution in [1.29, 1.82) is 0 Å². The minimum absolute atomic E-state index is 0.182. The molecule has 0 atom stereocenters. The van der Waals surface area contributed by atoms with Crippen LogP contribution in [0.1, 0.15) is 16.7 Å². The quantitative estimate of drug-likeness (QED) is 0.569. The molecule has 0 bridgehead atoms. The van der Waals surface area contributed by atoms with E-state index in [4.69, 9.17) is 16.0 Å². The molecule has 1 aromatic heterocycles. The molecule has 0 fully saturated rings. The summed E-state index contributed by atoms with van der Waals surface area (Å²) in [5, 5.41) is 3.53. The van der Waals surface area contributed by atoms with Crippen LogP contribution in [0.15, 0.2) is 51.7 Å². The fraction of sp³-hybridized carbons (Fsp3) is 0.211. The van der Waals surface area contributed by atoms with E-state index >= 15 is 0 Å². The summed E-state index contributed by atoms with van der Waals surface area (Å²) in [6.45, 7) is 3.20. The number of halogens is 2. The molecular formula is C19H18ClFNO2+. The maximum Gasteiger partial charge on any atom is 0.336 e. The Bertz CT molecular complexity index is 936. The molecule has 124 valence electrons. The van der Waals surface area contributed by atoms with Crippen molar-refractivity contribution in [2.75, 3.05) is 6.54 Å². The van der Waals surface area contributed by atoms with Crippen LogP contribution in [0.3, 0.4) is 0 Å². The fourth-order valence-electron chi connectivity index (χ4n) is 2.73. The Balaban J connectivity index is 1.74. The molecule has 0 radical (unpaired) electrons. The molecule has 0 aliphatic heterocycles. The Labute approximate surface area is 144 Å². The second-order valence-corrected chi connectivity index (χ2v) is 6.22. The topological polar surface area (TPSA) is 46.8 Å². The summed E-state index contributed by atoms with van der Waals surface area (Å²) in [7, 11) is 0. The van der Waals surface area contributed by atoms with Crippen molar-refractivity contribution in [3.05, 3.63) is 80.4 Å². The van der Waals surface area contributed by atoms with Crippen LogP contribution in [0.5, 0.6) is 0 Å². The SMILES string of the molecule is Cc1cc2oc(=O)cc(C[NH2+]CCc3ccccc3F)c2cc1Cl. The van der Waals surface area contributed by atoms with E-state index in [1.165, 1.54) is 12.1 Å². The number of nitrogens with two attached hydrogens (primary N) is 1. The van der Waals surface area contributed by atoms with Gasteiger partial charge in [0.25, 0.3) is 0 Å². The average molecular weight is 347 g/mol. The lowest BCUT2D eigenvalue weighted by atomic mass is 10.1. The van der Waals surface area contributed by atoms with E-state index < -0.39 is 0 Å². The Morgan fingerprint density at radius 1 is 1.17 bits per heavy atom. The van der Waals surface area contributed by atoms with E-state index in [1.54, 1.807) is 18.2 Å². The normalized spacial score (nSPS) is 11.1. The van der Waals surface area contributed by atoms with Gasteiger partial charge in [0.2, 0.25) is 0 Å². The summed E-state index contributed by atoms with van der Waals surface area (Å²) in [6, 6.07) is 11.9. The second kappa shape index (κ2) is 7.16. The largest absolute Gasteiger partial charge is 0.423 e. The first-order valence-electron chi connectivity index (χ1n) is 7.82.